The van der Waals surface area contributed by atoms with Crippen molar-refractivity contribution in [3.05, 3.63) is 32.6 Å². The van der Waals surface area contributed by atoms with Gasteiger partial charge in [0.2, 0.25) is 0 Å². The molecule has 5 nitrogen and oxygen atoms in total. The van der Waals surface area contributed by atoms with Gasteiger partial charge in [-0.05, 0) is 19.8 Å². The number of aromatic amines is 1. The maximum Gasteiger partial charge on any atom is 0.389 e. The highest BCUT2D eigenvalue weighted by Gasteiger charge is 2.25. The molecule has 1 N–H and O–H groups in total. The Labute approximate surface area is 106 Å². The first-order valence-corrected chi connectivity index (χ1v) is 5.62. The van der Waals surface area contributed by atoms with E-state index in [2.05, 4.69) is 4.98 Å². The Hall–Kier alpha value is -1.86. The lowest BCUT2D eigenvalue weighted by Crippen LogP contribution is -2.37. The molecular formula is C11H13F3N2O3. The highest BCUT2D eigenvalue weighted by Crippen LogP contribution is 2.22. The second-order valence-corrected chi connectivity index (χ2v) is 4.09. The van der Waals surface area contributed by atoms with Gasteiger partial charge in [0.15, 0.2) is 5.78 Å². The third-order valence-corrected chi connectivity index (χ3v) is 2.53. The van der Waals surface area contributed by atoms with Crippen molar-refractivity contribution in [2.24, 2.45) is 0 Å². The Balaban J connectivity index is 2.79. The molecule has 1 aromatic heterocycles. The van der Waals surface area contributed by atoms with Crippen molar-refractivity contribution in [2.45, 2.75) is 38.9 Å². The molecule has 1 aromatic rings. The van der Waals surface area contributed by atoms with Crippen LogP contribution >= 0.6 is 0 Å². The summed E-state index contributed by atoms with van der Waals surface area (Å²) in [6.07, 6.45) is -4.35. The highest BCUT2D eigenvalue weighted by molar-refractivity contribution is 5.93. The predicted molar refractivity (Wildman–Crippen MR) is 61.2 cm³/mol. The zero-order chi connectivity index (χ0) is 14.6. The monoisotopic (exact) mass is 278 g/mol. The predicted octanol–water partition coefficient (Wildman–Crippen LogP) is 1.47. The number of hydrogen-bond acceptors (Lipinski definition) is 3. The maximum absolute atomic E-state index is 11.9. The van der Waals surface area contributed by atoms with E-state index in [0.29, 0.717) is 0 Å². The molecule has 106 valence electrons. The molecule has 0 saturated carbocycles. The number of Topliss-reactive ketones (excluding diaryl/α,β-unsaturated/α-hetero) is 1. The minimum Gasteiger partial charge on any atom is -0.313 e. The van der Waals surface area contributed by atoms with E-state index in [1.165, 1.54) is 6.92 Å². The summed E-state index contributed by atoms with van der Waals surface area (Å²) in [6, 6.07) is 0. The Morgan fingerprint density at radius 1 is 1.32 bits per heavy atom. The molecule has 0 radical (unpaired) electrons. The summed E-state index contributed by atoms with van der Waals surface area (Å²) in [6.45, 7) is 1.02. The van der Waals surface area contributed by atoms with Crippen LogP contribution in [0.4, 0.5) is 13.2 Å². The zero-order valence-electron chi connectivity index (χ0n) is 10.2. The van der Waals surface area contributed by atoms with Crippen LogP contribution in [-0.4, -0.2) is 21.5 Å². The van der Waals surface area contributed by atoms with Crippen molar-refractivity contribution >= 4 is 5.78 Å². The Morgan fingerprint density at radius 3 is 2.47 bits per heavy atom. The van der Waals surface area contributed by atoms with Crippen LogP contribution in [0.5, 0.6) is 0 Å². The number of hydrogen-bond donors (Lipinski definition) is 1. The Morgan fingerprint density at radius 2 is 1.95 bits per heavy atom. The van der Waals surface area contributed by atoms with Gasteiger partial charge in [-0.15, -0.1) is 0 Å². The molecule has 0 aliphatic heterocycles. The number of halogens is 3. The summed E-state index contributed by atoms with van der Waals surface area (Å²) in [4.78, 5) is 36.4. The topological polar surface area (TPSA) is 71.9 Å². The second kappa shape index (κ2) is 5.85. The lowest BCUT2D eigenvalue weighted by molar-refractivity contribution is -0.135. The molecule has 19 heavy (non-hydrogen) atoms. The number of carbonyl (C=O) groups is 1. The van der Waals surface area contributed by atoms with Gasteiger partial charge >= 0.3 is 11.9 Å². The van der Waals surface area contributed by atoms with Gasteiger partial charge in [-0.3, -0.25) is 14.2 Å². The van der Waals surface area contributed by atoms with Crippen LogP contribution in [0, 0.1) is 0 Å². The van der Waals surface area contributed by atoms with Crippen molar-refractivity contribution in [3.8, 4) is 0 Å². The number of H-pyrrole nitrogens is 1. The number of aromatic nitrogens is 2. The third-order valence-electron chi connectivity index (χ3n) is 2.53. The standard InChI is InChI=1S/C11H13F3N2O3/c1-7(17)8-6-15-10(19)16(9(8)18)5-3-2-4-11(12,13)14/h6H,2-5H2,1H3,(H,15,19). The molecule has 0 aliphatic rings. The SMILES string of the molecule is CC(=O)c1c[nH]c(=O)n(CCCCC(F)(F)F)c1=O. The van der Waals surface area contributed by atoms with Gasteiger partial charge in [-0.2, -0.15) is 13.2 Å². The van der Waals surface area contributed by atoms with Gasteiger partial charge in [0.1, 0.15) is 0 Å². The summed E-state index contributed by atoms with van der Waals surface area (Å²) < 4.78 is 36.5. The molecule has 0 spiro atoms. The molecule has 0 amide bonds. The molecule has 0 aliphatic carbocycles. The van der Waals surface area contributed by atoms with Gasteiger partial charge in [-0.1, -0.05) is 0 Å². The van der Waals surface area contributed by atoms with Crippen LogP contribution in [0.25, 0.3) is 0 Å². The normalized spacial score (nSPS) is 11.6. The molecule has 1 heterocycles. The fourth-order valence-electron chi connectivity index (χ4n) is 1.56. The Bertz CT molecular complexity index is 572. The largest absolute Gasteiger partial charge is 0.389 e. The Kier molecular flexibility index (Phi) is 4.68. The summed E-state index contributed by atoms with van der Waals surface area (Å²) in [7, 11) is 0. The fraction of sp³-hybridized carbons (Fsp3) is 0.545. The van der Waals surface area contributed by atoms with Crippen LogP contribution in [0.1, 0.15) is 36.5 Å². The van der Waals surface area contributed by atoms with E-state index in [9.17, 15) is 27.6 Å². The minimum atomic E-state index is -4.25. The van der Waals surface area contributed by atoms with E-state index >= 15 is 0 Å². The lowest BCUT2D eigenvalue weighted by Gasteiger charge is -2.07. The minimum absolute atomic E-state index is 0.0316. The quantitative estimate of drug-likeness (QED) is 0.655. The first kappa shape index (κ1) is 15.2. The van der Waals surface area contributed by atoms with Crippen LogP contribution in [-0.2, 0) is 6.54 Å². The van der Waals surface area contributed by atoms with E-state index in [1.807, 2.05) is 0 Å². The van der Waals surface area contributed by atoms with Crippen molar-refractivity contribution in [2.75, 3.05) is 0 Å². The molecule has 0 unspecified atom stereocenters. The van der Waals surface area contributed by atoms with Gasteiger partial charge in [0, 0.05) is 19.2 Å². The highest BCUT2D eigenvalue weighted by atomic mass is 19.4. The van der Waals surface area contributed by atoms with Crippen molar-refractivity contribution in [1.29, 1.82) is 0 Å². The molecule has 0 saturated heterocycles. The van der Waals surface area contributed by atoms with Crippen molar-refractivity contribution in [3.63, 3.8) is 0 Å². The summed E-state index contributed by atoms with van der Waals surface area (Å²) >= 11 is 0. The summed E-state index contributed by atoms with van der Waals surface area (Å²) in [5.74, 6) is -0.509. The zero-order valence-corrected chi connectivity index (χ0v) is 10.2. The first-order chi connectivity index (χ1) is 8.72. The number of nitrogens with one attached hydrogen (secondary N) is 1. The molecular weight excluding hydrogens is 265 g/mol. The van der Waals surface area contributed by atoms with E-state index in [1.54, 1.807) is 0 Å². The summed E-state index contributed by atoms with van der Waals surface area (Å²) in [5, 5.41) is 0. The van der Waals surface area contributed by atoms with Gasteiger partial charge in [0.05, 0.1) is 5.56 Å². The summed E-state index contributed by atoms with van der Waals surface area (Å²) in [5.41, 5.74) is -1.69. The van der Waals surface area contributed by atoms with E-state index in [4.69, 9.17) is 0 Å². The van der Waals surface area contributed by atoms with Crippen LogP contribution < -0.4 is 11.2 Å². The van der Waals surface area contributed by atoms with Crippen molar-refractivity contribution < 1.29 is 18.0 Å². The average Bonchev–Trinajstić information content (AvgIpc) is 2.25. The van der Waals surface area contributed by atoms with E-state index < -0.39 is 29.6 Å². The van der Waals surface area contributed by atoms with Crippen LogP contribution in [0.3, 0.4) is 0 Å². The van der Waals surface area contributed by atoms with E-state index in [0.717, 1.165) is 10.8 Å². The van der Waals surface area contributed by atoms with Crippen LogP contribution in [0.2, 0.25) is 0 Å². The molecule has 0 atom stereocenters. The molecule has 0 bridgehead atoms. The first-order valence-electron chi connectivity index (χ1n) is 5.62. The van der Waals surface area contributed by atoms with E-state index in [-0.39, 0.29) is 24.9 Å². The van der Waals surface area contributed by atoms with Crippen LogP contribution in [0.15, 0.2) is 15.8 Å². The van der Waals surface area contributed by atoms with Gasteiger partial charge in [0.25, 0.3) is 5.56 Å². The number of alkyl halides is 3. The fourth-order valence-corrected chi connectivity index (χ4v) is 1.56. The number of unbranched alkanes of at least 4 members (excludes halogenated alkanes) is 1. The van der Waals surface area contributed by atoms with Crippen molar-refractivity contribution in [1.82, 2.24) is 9.55 Å². The number of nitrogens with zero attached hydrogens (tertiary/aromatic N) is 1. The maximum atomic E-state index is 11.9. The third kappa shape index (κ3) is 4.38. The van der Waals surface area contributed by atoms with Gasteiger partial charge < -0.3 is 4.98 Å². The number of ketones is 1. The number of rotatable bonds is 5. The lowest BCUT2D eigenvalue weighted by atomic mass is 10.2. The molecule has 0 aromatic carbocycles. The average molecular weight is 278 g/mol. The molecule has 0 fully saturated rings. The smallest absolute Gasteiger partial charge is 0.313 e. The second-order valence-electron chi connectivity index (χ2n) is 4.09. The van der Waals surface area contributed by atoms with Gasteiger partial charge in [-0.25, -0.2) is 4.79 Å². The molecule has 1 rings (SSSR count). The number of carbonyl (C=O) groups excluding carboxylic acids is 1. The molecule has 8 heteroatoms.